The van der Waals surface area contributed by atoms with E-state index in [4.69, 9.17) is 0 Å². The smallest absolute Gasteiger partial charge is 0.253 e. The van der Waals surface area contributed by atoms with Crippen LogP contribution in [-0.4, -0.2) is 52.4 Å². The standard InChI is InChI=1S/C22H27N3O2/c1-23-11-8-17(16-23)14-21(26)24-9-3-10-25(13-12-24)22(27)20-7-6-18-4-2-5-19(18)15-20/h6-8,11,15-16H,2-5,9-10,12-14H2,1H3. The third kappa shape index (κ3) is 3.92. The number of amides is 2. The second kappa shape index (κ2) is 7.59. The molecule has 4 rings (SSSR count). The van der Waals surface area contributed by atoms with Gasteiger partial charge in [-0.15, -0.1) is 0 Å². The summed E-state index contributed by atoms with van der Waals surface area (Å²) in [6, 6.07) is 8.14. The van der Waals surface area contributed by atoms with Crippen LogP contribution in [0.1, 0.15) is 39.9 Å². The summed E-state index contributed by atoms with van der Waals surface area (Å²) >= 11 is 0. The van der Waals surface area contributed by atoms with E-state index in [2.05, 4.69) is 12.1 Å². The number of benzene rings is 1. The van der Waals surface area contributed by atoms with Gasteiger partial charge >= 0.3 is 0 Å². The zero-order chi connectivity index (χ0) is 18.8. The molecule has 0 atom stereocenters. The molecule has 2 aromatic rings. The lowest BCUT2D eigenvalue weighted by molar-refractivity contribution is -0.130. The van der Waals surface area contributed by atoms with Crippen molar-refractivity contribution in [1.29, 1.82) is 0 Å². The van der Waals surface area contributed by atoms with Crippen molar-refractivity contribution in [3.05, 3.63) is 58.9 Å². The Morgan fingerprint density at radius 2 is 1.70 bits per heavy atom. The largest absolute Gasteiger partial charge is 0.357 e. The van der Waals surface area contributed by atoms with E-state index in [9.17, 15) is 9.59 Å². The molecule has 0 N–H and O–H groups in total. The number of aryl methyl sites for hydroxylation is 3. The molecule has 1 aliphatic heterocycles. The van der Waals surface area contributed by atoms with Crippen LogP contribution in [0.3, 0.4) is 0 Å². The van der Waals surface area contributed by atoms with Crippen LogP contribution in [0.25, 0.3) is 0 Å². The highest BCUT2D eigenvalue weighted by atomic mass is 16.2. The molecule has 0 bridgehead atoms. The average molecular weight is 365 g/mol. The number of nitrogens with zero attached hydrogens (tertiary/aromatic N) is 3. The van der Waals surface area contributed by atoms with Crippen LogP contribution >= 0.6 is 0 Å². The van der Waals surface area contributed by atoms with Crippen LogP contribution in [0.5, 0.6) is 0 Å². The van der Waals surface area contributed by atoms with Crippen molar-refractivity contribution in [2.24, 2.45) is 7.05 Å². The molecule has 1 aliphatic carbocycles. The second-order valence-corrected chi connectivity index (χ2v) is 7.73. The van der Waals surface area contributed by atoms with Gasteiger partial charge in [-0.2, -0.15) is 0 Å². The zero-order valence-corrected chi connectivity index (χ0v) is 16.0. The van der Waals surface area contributed by atoms with Gasteiger partial charge in [0, 0.05) is 51.2 Å². The molecule has 1 aromatic heterocycles. The van der Waals surface area contributed by atoms with E-state index in [0.717, 1.165) is 36.9 Å². The van der Waals surface area contributed by atoms with Gasteiger partial charge in [0.15, 0.2) is 0 Å². The molecule has 5 nitrogen and oxygen atoms in total. The van der Waals surface area contributed by atoms with Crippen molar-refractivity contribution in [2.75, 3.05) is 26.2 Å². The molecule has 5 heteroatoms. The van der Waals surface area contributed by atoms with Gasteiger partial charge in [0.05, 0.1) is 6.42 Å². The minimum atomic E-state index is 0.0991. The van der Waals surface area contributed by atoms with E-state index in [1.165, 1.54) is 17.5 Å². The van der Waals surface area contributed by atoms with Gasteiger partial charge < -0.3 is 14.4 Å². The molecular weight excluding hydrogens is 338 g/mol. The fourth-order valence-electron chi connectivity index (χ4n) is 4.21. The first kappa shape index (κ1) is 17.8. The Kier molecular flexibility index (Phi) is 5.01. The normalized spacial score (nSPS) is 16.9. The van der Waals surface area contributed by atoms with Crippen molar-refractivity contribution >= 4 is 11.8 Å². The molecule has 1 fully saturated rings. The first-order chi connectivity index (χ1) is 13.1. The minimum Gasteiger partial charge on any atom is -0.357 e. The lowest BCUT2D eigenvalue weighted by Crippen LogP contribution is -2.38. The number of fused-ring (bicyclic) bond motifs is 1. The summed E-state index contributed by atoms with van der Waals surface area (Å²) in [5.41, 5.74) is 4.55. The van der Waals surface area contributed by atoms with E-state index in [0.29, 0.717) is 26.1 Å². The highest BCUT2D eigenvalue weighted by Gasteiger charge is 2.24. The summed E-state index contributed by atoms with van der Waals surface area (Å²) in [4.78, 5) is 29.4. The Hall–Kier alpha value is -2.56. The van der Waals surface area contributed by atoms with Crippen LogP contribution in [0, 0.1) is 0 Å². The summed E-state index contributed by atoms with van der Waals surface area (Å²) in [6.07, 6.45) is 8.61. The number of rotatable bonds is 3. The molecular formula is C22H27N3O2. The molecule has 1 aromatic carbocycles. The highest BCUT2D eigenvalue weighted by Crippen LogP contribution is 2.23. The summed E-state index contributed by atoms with van der Waals surface area (Å²) in [7, 11) is 1.96. The fraction of sp³-hybridized carbons (Fsp3) is 0.455. The van der Waals surface area contributed by atoms with Gasteiger partial charge in [0.2, 0.25) is 5.91 Å². The number of hydrogen-bond acceptors (Lipinski definition) is 2. The van der Waals surface area contributed by atoms with Crippen molar-refractivity contribution in [3.8, 4) is 0 Å². The van der Waals surface area contributed by atoms with Crippen LogP contribution in [0.15, 0.2) is 36.7 Å². The van der Waals surface area contributed by atoms with E-state index < -0.39 is 0 Å². The van der Waals surface area contributed by atoms with Crippen molar-refractivity contribution in [2.45, 2.75) is 32.1 Å². The third-order valence-corrected chi connectivity index (χ3v) is 5.73. The Labute approximate surface area is 160 Å². The first-order valence-corrected chi connectivity index (χ1v) is 9.90. The lowest BCUT2D eigenvalue weighted by Gasteiger charge is -2.22. The molecule has 0 unspecified atom stereocenters. The van der Waals surface area contributed by atoms with Crippen LogP contribution < -0.4 is 0 Å². The number of carbonyl (C=O) groups excluding carboxylic acids is 2. The predicted octanol–water partition coefficient (Wildman–Crippen LogP) is 2.43. The van der Waals surface area contributed by atoms with Crippen LogP contribution in [-0.2, 0) is 31.1 Å². The molecule has 2 amide bonds. The SMILES string of the molecule is Cn1ccc(CC(=O)N2CCCN(C(=O)c3ccc4c(c3)CCC4)CC2)c1. The summed E-state index contributed by atoms with van der Waals surface area (Å²) in [6.45, 7) is 2.66. The van der Waals surface area contributed by atoms with Crippen molar-refractivity contribution in [1.82, 2.24) is 14.4 Å². The van der Waals surface area contributed by atoms with Crippen LogP contribution in [0.2, 0.25) is 0 Å². The van der Waals surface area contributed by atoms with E-state index in [-0.39, 0.29) is 11.8 Å². The Morgan fingerprint density at radius 1 is 0.926 bits per heavy atom. The third-order valence-electron chi connectivity index (χ3n) is 5.73. The van der Waals surface area contributed by atoms with Gasteiger partial charge in [-0.3, -0.25) is 9.59 Å². The molecule has 2 aliphatic rings. The average Bonchev–Trinajstić information content (AvgIpc) is 3.21. The van der Waals surface area contributed by atoms with Gasteiger partial charge in [-0.25, -0.2) is 0 Å². The maximum Gasteiger partial charge on any atom is 0.253 e. The number of carbonyl (C=O) groups is 2. The summed E-state index contributed by atoms with van der Waals surface area (Å²) in [5.74, 6) is 0.245. The number of hydrogen-bond donors (Lipinski definition) is 0. The quantitative estimate of drug-likeness (QED) is 0.839. The second-order valence-electron chi connectivity index (χ2n) is 7.73. The highest BCUT2D eigenvalue weighted by molar-refractivity contribution is 5.94. The van der Waals surface area contributed by atoms with Gasteiger partial charge in [0.1, 0.15) is 0 Å². The molecule has 0 spiro atoms. The van der Waals surface area contributed by atoms with E-state index >= 15 is 0 Å². The van der Waals surface area contributed by atoms with E-state index in [1.54, 1.807) is 0 Å². The van der Waals surface area contributed by atoms with Crippen molar-refractivity contribution in [3.63, 3.8) is 0 Å². The maximum atomic E-state index is 12.9. The van der Waals surface area contributed by atoms with Crippen LogP contribution in [0.4, 0.5) is 0 Å². The van der Waals surface area contributed by atoms with Gasteiger partial charge in [-0.05, 0) is 60.6 Å². The Bertz CT molecular complexity index is 855. The lowest BCUT2D eigenvalue weighted by atomic mass is 10.1. The Balaban J connectivity index is 1.38. The maximum absolute atomic E-state index is 12.9. The van der Waals surface area contributed by atoms with Gasteiger partial charge in [-0.1, -0.05) is 6.07 Å². The topological polar surface area (TPSA) is 45.6 Å². The molecule has 142 valence electrons. The summed E-state index contributed by atoms with van der Waals surface area (Å²) < 4.78 is 1.96. The molecule has 0 radical (unpaired) electrons. The fourth-order valence-corrected chi connectivity index (χ4v) is 4.21. The van der Waals surface area contributed by atoms with Gasteiger partial charge in [0.25, 0.3) is 5.91 Å². The predicted molar refractivity (Wildman–Crippen MR) is 105 cm³/mol. The Morgan fingerprint density at radius 3 is 2.52 bits per heavy atom. The zero-order valence-electron chi connectivity index (χ0n) is 16.0. The van der Waals surface area contributed by atoms with E-state index in [1.807, 2.05) is 45.9 Å². The summed E-state index contributed by atoms with van der Waals surface area (Å²) in [5, 5.41) is 0. The molecule has 0 saturated carbocycles. The first-order valence-electron chi connectivity index (χ1n) is 9.90. The monoisotopic (exact) mass is 365 g/mol. The van der Waals surface area contributed by atoms with Crippen molar-refractivity contribution < 1.29 is 9.59 Å². The molecule has 1 saturated heterocycles. The number of aromatic nitrogens is 1. The minimum absolute atomic E-state index is 0.0991. The molecule has 27 heavy (non-hydrogen) atoms. The molecule has 2 heterocycles.